The summed E-state index contributed by atoms with van der Waals surface area (Å²) in [5.74, 6) is 0.782. The van der Waals surface area contributed by atoms with E-state index in [-0.39, 0.29) is 18.6 Å². The molecule has 0 aliphatic heterocycles. The number of aromatic nitrogens is 4. The van der Waals surface area contributed by atoms with Crippen LogP contribution in [-0.2, 0) is 11.8 Å². The van der Waals surface area contributed by atoms with Crippen molar-refractivity contribution in [3.05, 3.63) is 46.9 Å². The fourth-order valence-corrected chi connectivity index (χ4v) is 3.45. The van der Waals surface area contributed by atoms with Crippen molar-refractivity contribution >= 4 is 16.9 Å². The Balaban J connectivity index is 1.43. The molecule has 1 saturated carbocycles. The van der Waals surface area contributed by atoms with Crippen molar-refractivity contribution in [3.63, 3.8) is 0 Å². The third-order valence-corrected chi connectivity index (χ3v) is 5.04. The molecule has 3 aromatic heterocycles. The van der Waals surface area contributed by atoms with Crippen LogP contribution in [0.15, 0.2) is 24.3 Å². The maximum Gasteiger partial charge on any atom is 0.258 e. The zero-order valence-corrected chi connectivity index (χ0v) is 16.7. The topological polar surface area (TPSA) is 81.9 Å². The zero-order valence-electron chi connectivity index (χ0n) is 16.7. The number of fused-ring (bicyclic) bond motifs is 1. The maximum absolute atomic E-state index is 12.3. The zero-order chi connectivity index (χ0) is 19.8. The molecule has 1 amide bonds. The molecule has 1 N–H and O–H groups in total. The first kappa shape index (κ1) is 18.4. The Labute approximate surface area is 164 Å². The third kappa shape index (κ3) is 3.69. The van der Waals surface area contributed by atoms with Crippen molar-refractivity contribution in [1.29, 1.82) is 0 Å². The Bertz CT molecular complexity index is 1040. The molecule has 1 fully saturated rings. The summed E-state index contributed by atoms with van der Waals surface area (Å²) in [5.41, 5.74) is 4.75. The highest BCUT2D eigenvalue weighted by Gasteiger charge is 2.30. The average molecular weight is 379 g/mol. The number of carbonyl (C=O) groups excluding carboxylic acids is 1. The molecular formula is C21H25N5O2. The molecular weight excluding hydrogens is 354 g/mol. The smallest absolute Gasteiger partial charge is 0.258 e. The predicted molar refractivity (Wildman–Crippen MR) is 106 cm³/mol. The number of ether oxygens (including phenoxy) is 1. The van der Waals surface area contributed by atoms with Crippen molar-refractivity contribution in [1.82, 2.24) is 25.1 Å². The van der Waals surface area contributed by atoms with E-state index in [1.54, 1.807) is 4.68 Å². The predicted octanol–water partition coefficient (Wildman–Crippen LogP) is 3.11. The minimum Gasteiger partial charge on any atom is -0.468 e. The third-order valence-electron chi connectivity index (χ3n) is 5.04. The number of nitrogens with one attached hydrogen (secondary N) is 1. The molecule has 1 aliphatic rings. The van der Waals surface area contributed by atoms with Gasteiger partial charge in [0.05, 0.1) is 17.4 Å². The first-order valence-corrected chi connectivity index (χ1v) is 9.62. The Morgan fingerprint density at radius 1 is 1.32 bits per heavy atom. The molecule has 3 heterocycles. The summed E-state index contributed by atoms with van der Waals surface area (Å²) in [6.45, 7) is 5.78. The van der Waals surface area contributed by atoms with E-state index in [9.17, 15) is 4.79 Å². The molecule has 1 aliphatic carbocycles. The number of pyridine rings is 2. The quantitative estimate of drug-likeness (QED) is 0.712. The second kappa shape index (κ2) is 7.22. The first-order chi connectivity index (χ1) is 13.4. The monoisotopic (exact) mass is 379 g/mol. The molecule has 0 spiro atoms. The maximum atomic E-state index is 12.3. The van der Waals surface area contributed by atoms with Crippen LogP contribution >= 0.6 is 0 Å². The fraction of sp³-hybridized carbons (Fsp3) is 0.429. The van der Waals surface area contributed by atoms with Gasteiger partial charge in [-0.2, -0.15) is 10.1 Å². The van der Waals surface area contributed by atoms with Crippen LogP contribution in [0.3, 0.4) is 0 Å². The minimum absolute atomic E-state index is 0.0958. The van der Waals surface area contributed by atoms with Crippen molar-refractivity contribution < 1.29 is 9.53 Å². The number of amides is 1. The number of rotatable bonds is 6. The molecule has 0 saturated heterocycles. The van der Waals surface area contributed by atoms with Gasteiger partial charge >= 0.3 is 0 Å². The normalized spacial score (nSPS) is 14.9. The molecule has 0 radical (unpaired) electrons. The number of hydrogen-bond donors (Lipinski definition) is 1. The number of hydrogen-bond acceptors (Lipinski definition) is 5. The molecule has 28 heavy (non-hydrogen) atoms. The molecule has 146 valence electrons. The summed E-state index contributed by atoms with van der Waals surface area (Å²) in [5, 5.41) is 8.67. The Hall–Kier alpha value is -2.96. The van der Waals surface area contributed by atoms with E-state index < -0.39 is 0 Å². The second-order valence-corrected chi connectivity index (χ2v) is 7.54. The number of carbonyl (C=O) groups is 1. The molecule has 7 heteroatoms. The molecule has 0 bridgehead atoms. The van der Waals surface area contributed by atoms with E-state index in [0.717, 1.165) is 33.7 Å². The summed E-state index contributed by atoms with van der Waals surface area (Å²) in [4.78, 5) is 21.3. The van der Waals surface area contributed by atoms with Crippen LogP contribution in [0.5, 0.6) is 5.88 Å². The van der Waals surface area contributed by atoms with Gasteiger partial charge in [-0.1, -0.05) is 6.07 Å². The summed E-state index contributed by atoms with van der Waals surface area (Å²) >= 11 is 0. The molecule has 4 rings (SSSR count). The molecule has 7 nitrogen and oxygen atoms in total. The van der Waals surface area contributed by atoms with Crippen LogP contribution in [0, 0.1) is 13.8 Å². The lowest BCUT2D eigenvalue weighted by atomic mass is 10.1. The van der Waals surface area contributed by atoms with Crippen molar-refractivity contribution in [2.75, 3.05) is 6.61 Å². The van der Waals surface area contributed by atoms with Crippen LogP contribution in [-0.4, -0.2) is 32.3 Å². The van der Waals surface area contributed by atoms with Gasteiger partial charge in [-0.15, -0.1) is 0 Å². The van der Waals surface area contributed by atoms with Gasteiger partial charge < -0.3 is 10.1 Å². The summed E-state index contributed by atoms with van der Waals surface area (Å²) in [7, 11) is 1.90. The number of nitrogens with zero attached hydrogens (tertiary/aromatic N) is 4. The van der Waals surface area contributed by atoms with Gasteiger partial charge in [-0.05, 0) is 51.3 Å². The van der Waals surface area contributed by atoms with Crippen LogP contribution < -0.4 is 10.1 Å². The van der Waals surface area contributed by atoms with Crippen LogP contribution in [0.1, 0.15) is 54.4 Å². The molecule has 0 aromatic carbocycles. The van der Waals surface area contributed by atoms with Crippen molar-refractivity contribution in [3.8, 4) is 5.88 Å². The van der Waals surface area contributed by atoms with Gasteiger partial charge in [-0.25, -0.2) is 0 Å². The van der Waals surface area contributed by atoms with E-state index in [0.29, 0.717) is 11.8 Å². The SMILES string of the molecule is Cc1cccc(C(C)NC(=O)COc2cc(C)c3c(C4CC4)nn(C)c3n2)n1. The van der Waals surface area contributed by atoms with Crippen molar-refractivity contribution in [2.24, 2.45) is 7.05 Å². The van der Waals surface area contributed by atoms with Gasteiger partial charge in [0.2, 0.25) is 5.88 Å². The van der Waals surface area contributed by atoms with E-state index in [1.165, 1.54) is 12.8 Å². The lowest BCUT2D eigenvalue weighted by molar-refractivity contribution is -0.123. The minimum atomic E-state index is -0.209. The Morgan fingerprint density at radius 2 is 2.11 bits per heavy atom. The summed E-state index contributed by atoms with van der Waals surface area (Å²) in [6, 6.07) is 7.46. The van der Waals surface area contributed by atoms with Crippen LogP contribution in [0.2, 0.25) is 0 Å². The molecule has 3 aromatic rings. The lowest BCUT2D eigenvalue weighted by Crippen LogP contribution is -2.31. The highest BCUT2D eigenvalue weighted by atomic mass is 16.5. The Kier molecular flexibility index (Phi) is 4.75. The van der Waals surface area contributed by atoms with Crippen molar-refractivity contribution in [2.45, 2.75) is 45.6 Å². The van der Waals surface area contributed by atoms with Gasteiger partial charge in [0.25, 0.3) is 5.91 Å². The molecule has 1 unspecified atom stereocenters. The molecule has 1 atom stereocenters. The summed E-state index contributed by atoms with van der Waals surface area (Å²) in [6.07, 6.45) is 2.38. The van der Waals surface area contributed by atoms with E-state index in [1.807, 2.05) is 52.1 Å². The average Bonchev–Trinajstić information content (AvgIpc) is 3.44. The van der Waals surface area contributed by atoms with Gasteiger partial charge in [0.15, 0.2) is 12.3 Å². The van der Waals surface area contributed by atoms with E-state index in [4.69, 9.17) is 4.74 Å². The summed E-state index contributed by atoms with van der Waals surface area (Å²) < 4.78 is 7.47. The van der Waals surface area contributed by atoms with Crippen LogP contribution in [0.25, 0.3) is 11.0 Å². The highest BCUT2D eigenvalue weighted by Crippen LogP contribution is 2.43. The largest absolute Gasteiger partial charge is 0.468 e. The van der Waals surface area contributed by atoms with Gasteiger partial charge in [0, 0.05) is 30.1 Å². The van der Waals surface area contributed by atoms with E-state index >= 15 is 0 Å². The van der Waals surface area contributed by atoms with Crippen LogP contribution in [0.4, 0.5) is 0 Å². The first-order valence-electron chi connectivity index (χ1n) is 9.62. The van der Waals surface area contributed by atoms with Gasteiger partial charge in [0.1, 0.15) is 0 Å². The highest BCUT2D eigenvalue weighted by molar-refractivity contribution is 5.84. The lowest BCUT2D eigenvalue weighted by Gasteiger charge is -2.14. The number of aryl methyl sites for hydroxylation is 3. The fourth-order valence-electron chi connectivity index (χ4n) is 3.45. The Morgan fingerprint density at radius 3 is 2.82 bits per heavy atom. The van der Waals surface area contributed by atoms with Gasteiger partial charge in [-0.3, -0.25) is 14.5 Å². The standard InChI is InChI=1S/C21H25N5O2/c1-12-10-18(24-21-19(12)20(15-8-9-15)25-26(21)4)28-11-17(27)23-14(3)16-7-5-6-13(2)22-16/h5-7,10,14-15H,8-9,11H2,1-4H3,(H,23,27). The second-order valence-electron chi connectivity index (χ2n) is 7.54. The van der Waals surface area contributed by atoms with E-state index in [2.05, 4.69) is 20.4 Å².